The highest BCUT2D eigenvalue weighted by Gasteiger charge is 2.32. The number of fused-ring (bicyclic) bond motifs is 3. The van der Waals surface area contributed by atoms with Crippen LogP contribution in [-0.2, 0) is 10.3 Å². The van der Waals surface area contributed by atoms with Crippen LogP contribution in [0.5, 0.6) is 0 Å². The highest BCUT2D eigenvalue weighted by Crippen LogP contribution is 2.48. The van der Waals surface area contributed by atoms with Gasteiger partial charge in [0.15, 0.2) is 19.9 Å². The molecule has 2 nitrogen and oxygen atoms in total. The zero-order valence-electron chi connectivity index (χ0n) is 17.9. The Morgan fingerprint density at radius 1 is 0.879 bits per heavy atom. The molecule has 0 fully saturated rings. The standard InChI is InChI=1S/C29H20FO2S/c1-3-29(2,24-15-6-7-16-25(24)30)32-28(31)20-11-10-12-21(19-20)33-26-17-8-4-13-22(26)23-14-5-9-18-27(23)33/h1,4-19H,2H3/q+1. The summed E-state index contributed by atoms with van der Waals surface area (Å²) in [6.07, 6.45) is 5.68. The molecular weight excluding hydrogens is 431 g/mol. The minimum Gasteiger partial charge on any atom is -0.438 e. The van der Waals surface area contributed by atoms with Gasteiger partial charge in [0.05, 0.1) is 5.56 Å². The molecule has 1 unspecified atom stereocenters. The molecule has 1 aromatic heterocycles. The first-order chi connectivity index (χ1) is 16.0. The molecule has 1 atom stereocenters. The number of halogens is 1. The summed E-state index contributed by atoms with van der Waals surface area (Å²) >= 11 is 0. The Kier molecular flexibility index (Phi) is 5.20. The van der Waals surface area contributed by atoms with E-state index in [2.05, 4.69) is 30.2 Å². The number of carbonyl (C=O) groups is 1. The number of rotatable bonds is 4. The molecule has 0 spiro atoms. The van der Waals surface area contributed by atoms with E-state index >= 15 is 0 Å². The van der Waals surface area contributed by atoms with Gasteiger partial charge in [-0.25, -0.2) is 9.18 Å². The van der Waals surface area contributed by atoms with E-state index < -0.39 is 17.4 Å². The van der Waals surface area contributed by atoms with Gasteiger partial charge in [0.25, 0.3) is 0 Å². The Morgan fingerprint density at radius 2 is 1.48 bits per heavy atom. The van der Waals surface area contributed by atoms with Crippen LogP contribution >= 0.6 is 10.5 Å². The highest BCUT2D eigenvalue weighted by molar-refractivity contribution is 7.50. The van der Waals surface area contributed by atoms with Gasteiger partial charge in [-0.1, -0.05) is 54.5 Å². The predicted molar refractivity (Wildman–Crippen MR) is 133 cm³/mol. The molecule has 0 saturated carbocycles. The predicted octanol–water partition coefficient (Wildman–Crippen LogP) is 7.58. The first kappa shape index (κ1) is 20.9. The lowest BCUT2D eigenvalue weighted by atomic mass is 9.96. The van der Waals surface area contributed by atoms with Crippen LogP contribution in [0.4, 0.5) is 4.39 Å². The van der Waals surface area contributed by atoms with Crippen molar-refractivity contribution in [2.45, 2.75) is 12.5 Å². The van der Waals surface area contributed by atoms with Crippen molar-refractivity contribution < 1.29 is 13.9 Å². The van der Waals surface area contributed by atoms with Crippen LogP contribution in [0.25, 0.3) is 25.1 Å². The van der Waals surface area contributed by atoms with Crippen molar-refractivity contribution >= 4 is 36.6 Å². The van der Waals surface area contributed by atoms with E-state index in [1.165, 1.54) is 39.2 Å². The number of hydrogen-bond acceptors (Lipinski definition) is 2. The minimum atomic E-state index is -1.52. The zero-order valence-corrected chi connectivity index (χ0v) is 18.7. The maximum Gasteiger partial charge on any atom is 0.340 e. The average Bonchev–Trinajstić information content (AvgIpc) is 3.19. The molecule has 0 saturated heterocycles. The van der Waals surface area contributed by atoms with Crippen LogP contribution in [-0.4, -0.2) is 5.97 Å². The smallest absolute Gasteiger partial charge is 0.340 e. The molecule has 0 amide bonds. The minimum absolute atomic E-state index is 0.150. The van der Waals surface area contributed by atoms with E-state index in [1.807, 2.05) is 42.5 Å². The summed E-state index contributed by atoms with van der Waals surface area (Å²) < 4.78 is 22.5. The lowest BCUT2D eigenvalue weighted by molar-refractivity contribution is 0.0118. The van der Waals surface area contributed by atoms with Crippen LogP contribution < -0.4 is 0 Å². The fourth-order valence-electron chi connectivity index (χ4n) is 4.11. The quantitative estimate of drug-likeness (QED) is 0.160. The zero-order chi connectivity index (χ0) is 23.0. The maximum atomic E-state index is 14.4. The van der Waals surface area contributed by atoms with E-state index in [0.717, 1.165) is 4.90 Å². The number of terminal acetylenes is 1. The van der Waals surface area contributed by atoms with Gasteiger partial charge < -0.3 is 4.74 Å². The molecule has 5 aromatic rings. The van der Waals surface area contributed by atoms with E-state index in [4.69, 9.17) is 11.2 Å². The molecule has 0 aliphatic carbocycles. The summed E-state index contributed by atoms with van der Waals surface area (Å²) in [5, 5.41) is 2.42. The van der Waals surface area contributed by atoms with Gasteiger partial charge in [-0.15, -0.1) is 6.42 Å². The van der Waals surface area contributed by atoms with Crippen LogP contribution in [0.15, 0.2) is 97.1 Å². The molecule has 0 aliphatic rings. The van der Waals surface area contributed by atoms with Gasteiger partial charge in [0.1, 0.15) is 5.82 Å². The van der Waals surface area contributed by atoms with Crippen molar-refractivity contribution in [2.75, 3.05) is 0 Å². The van der Waals surface area contributed by atoms with Gasteiger partial charge in [0.2, 0.25) is 0 Å². The average molecular weight is 452 g/mol. The van der Waals surface area contributed by atoms with Crippen molar-refractivity contribution in [3.8, 4) is 17.2 Å². The van der Waals surface area contributed by atoms with Gasteiger partial charge >= 0.3 is 5.97 Å². The topological polar surface area (TPSA) is 26.3 Å². The second-order valence-corrected chi connectivity index (χ2v) is 9.84. The van der Waals surface area contributed by atoms with Crippen LogP contribution in [0, 0.1) is 18.2 Å². The largest absolute Gasteiger partial charge is 0.438 e. The van der Waals surface area contributed by atoms with Crippen molar-refractivity contribution in [3.05, 3.63) is 114 Å². The van der Waals surface area contributed by atoms with E-state index in [-0.39, 0.29) is 16.0 Å². The lowest BCUT2D eigenvalue weighted by Crippen LogP contribution is -2.28. The molecular formula is C29H20FO2S+. The number of hydrogen-bond donors (Lipinski definition) is 0. The van der Waals surface area contributed by atoms with E-state index in [0.29, 0.717) is 5.56 Å². The first-order valence-corrected chi connectivity index (χ1v) is 11.7. The van der Waals surface area contributed by atoms with Crippen molar-refractivity contribution in [3.63, 3.8) is 0 Å². The number of thiophene rings is 1. The normalized spacial score (nSPS) is 12.9. The van der Waals surface area contributed by atoms with Gasteiger partial charge in [0, 0.05) is 32.9 Å². The number of benzene rings is 4. The second kappa shape index (κ2) is 8.20. The molecule has 160 valence electrons. The Balaban J connectivity index is 1.58. The highest BCUT2D eigenvalue weighted by atomic mass is 32.2. The number of ether oxygens (including phenoxy) is 1. The summed E-state index contributed by atoms with van der Waals surface area (Å²) in [5.41, 5.74) is -0.995. The Labute approximate surface area is 194 Å². The van der Waals surface area contributed by atoms with Gasteiger partial charge in [-0.05, 0) is 49.4 Å². The molecule has 1 heterocycles. The Morgan fingerprint density at radius 3 is 2.12 bits per heavy atom. The number of carbonyl (C=O) groups excluding carboxylic acids is 1. The van der Waals surface area contributed by atoms with Crippen LogP contribution in [0.1, 0.15) is 22.8 Å². The van der Waals surface area contributed by atoms with E-state index in [1.54, 1.807) is 18.2 Å². The molecule has 33 heavy (non-hydrogen) atoms. The molecule has 0 N–H and O–H groups in total. The SMILES string of the molecule is C#CC(C)(OC(=O)c1cccc(-[s+]2c3ccccc3c3ccccc32)c1)c1ccccc1F. The lowest BCUT2D eigenvalue weighted by Gasteiger charge is -2.24. The van der Waals surface area contributed by atoms with Crippen molar-refractivity contribution in [1.82, 2.24) is 0 Å². The number of esters is 1. The summed E-state index contributed by atoms with van der Waals surface area (Å²) in [6.45, 7) is 1.53. The first-order valence-electron chi connectivity index (χ1n) is 10.5. The fraction of sp³-hybridized carbons (Fsp3) is 0.0690. The van der Waals surface area contributed by atoms with Crippen molar-refractivity contribution in [1.29, 1.82) is 0 Å². The van der Waals surface area contributed by atoms with Crippen molar-refractivity contribution in [2.24, 2.45) is 0 Å². The summed E-state index contributed by atoms with van der Waals surface area (Å²) in [6, 6.07) is 30.2. The summed E-state index contributed by atoms with van der Waals surface area (Å²) in [5.74, 6) is 1.34. The van der Waals surface area contributed by atoms with Crippen LogP contribution in [0.2, 0.25) is 0 Å². The molecule has 0 bridgehead atoms. The molecule has 0 radical (unpaired) electrons. The summed E-state index contributed by atoms with van der Waals surface area (Å²) in [7, 11) is -0.340. The van der Waals surface area contributed by atoms with Gasteiger partial charge in [-0.3, -0.25) is 0 Å². The van der Waals surface area contributed by atoms with E-state index in [9.17, 15) is 9.18 Å². The third kappa shape index (κ3) is 3.57. The Hall–Kier alpha value is -3.94. The third-order valence-corrected chi connectivity index (χ3v) is 8.09. The monoisotopic (exact) mass is 451 g/mol. The second-order valence-electron chi connectivity index (χ2n) is 7.87. The molecule has 4 heteroatoms. The maximum absolute atomic E-state index is 14.4. The molecule has 0 aliphatic heterocycles. The third-order valence-electron chi connectivity index (χ3n) is 5.77. The molecule has 4 aromatic carbocycles. The summed E-state index contributed by atoms with van der Waals surface area (Å²) in [4.78, 5) is 14.1. The van der Waals surface area contributed by atoms with Gasteiger partial charge in [-0.2, -0.15) is 0 Å². The molecule has 5 rings (SSSR count). The Bertz CT molecular complexity index is 1510. The fourth-order valence-corrected chi connectivity index (χ4v) is 6.54. The van der Waals surface area contributed by atoms with Crippen LogP contribution in [0.3, 0.4) is 0 Å².